The zero-order valence-electron chi connectivity index (χ0n) is 16.5. The molecule has 0 spiro atoms. The quantitative estimate of drug-likeness (QED) is 0.340. The summed E-state index contributed by atoms with van der Waals surface area (Å²) >= 11 is 0. The molecule has 4 heteroatoms. The van der Waals surface area contributed by atoms with Gasteiger partial charge in [0.25, 0.3) is 0 Å². The summed E-state index contributed by atoms with van der Waals surface area (Å²) in [6, 6.07) is 28.7. The summed E-state index contributed by atoms with van der Waals surface area (Å²) in [5.41, 5.74) is 8.22. The molecular formula is C26H20O3S. The van der Waals surface area contributed by atoms with E-state index >= 15 is 0 Å². The van der Waals surface area contributed by atoms with Gasteiger partial charge in [-0.15, -0.1) is 0 Å². The third-order valence-corrected chi connectivity index (χ3v) is 6.82. The highest BCUT2D eigenvalue weighted by molar-refractivity contribution is 7.87. The molecule has 1 aliphatic carbocycles. The molecular weight excluding hydrogens is 392 g/mol. The number of hydrogen-bond acceptors (Lipinski definition) is 3. The highest BCUT2D eigenvalue weighted by Crippen LogP contribution is 2.42. The van der Waals surface area contributed by atoms with E-state index in [0.717, 1.165) is 17.5 Å². The van der Waals surface area contributed by atoms with E-state index < -0.39 is 10.1 Å². The third-order valence-electron chi connectivity index (χ3n) is 5.57. The van der Waals surface area contributed by atoms with E-state index in [1.54, 1.807) is 24.3 Å². The lowest BCUT2D eigenvalue weighted by Crippen LogP contribution is -2.10. The van der Waals surface area contributed by atoms with Crippen molar-refractivity contribution < 1.29 is 12.6 Å². The van der Waals surface area contributed by atoms with Crippen LogP contribution in [-0.4, -0.2) is 8.42 Å². The van der Waals surface area contributed by atoms with Crippen LogP contribution in [-0.2, 0) is 16.5 Å². The lowest BCUT2D eigenvalue weighted by atomic mass is 9.95. The maximum Gasteiger partial charge on any atom is 0.339 e. The fourth-order valence-electron chi connectivity index (χ4n) is 4.09. The Labute approximate surface area is 176 Å². The first-order valence-electron chi connectivity index (χ1n) is 9.84. The van der Waals surface area contributed by atoms with Crippen molar-refractivity contribution in [3.05, 3.63) is 108 Å². The molecule has 0 unspecified atom stereocenters. The Hall–Kier alpha value is -3.37. The third kappa shape index (κ3) is 3.19. The lowest BCUT2D eigenvalue weighted by Gasteiger charge is -2.13. The molecule has 0 amide bonds. The van der Waals surface area contributed by atoms with Crippen LogP contribution in [0.2, 0.25) is 0 Å². The predicted octanol–water partition coefficient (Wildman–Crippen LogP) is 6.00. The number of aryl methyl sites for hydroxylation is 1. The summed E-state index contributed by atoms with van der Waals surface area (Å²) in [5, 5.41) is 0. The van der Waals surface area contributed by atoms with Crippen molar-refractivity contribution in [1.82, 2.24) is 0 Å². The molecule has 5 rings (SSSR count). The maximum absolute atomic E-state index is 12.6. The van der Waals surface area contributed by atoms with Crippen molar-refractivity contribution in [2.45, 2.75) is 18.2 Å². The normalized spacial score (nSPS) is 12.3. The van der Waals surface area contributed by atoms with Gasteiger partial charge in [-0.3, -0.25) is 0 Å². The Morgan fingerprint density at radius 2 is 1.43 bits per heavy atom. The Morgan fingerprint density at radius 1 is 0.733 bits per heavy atom. The Bertz CT molecular complexity index is 1360. The van der Waals surface area contributed by atoms with Crippen LogP contribution in [0, 0.1) is 6.92 Å². The van der Waals surface area contributed by atoms with Crippen molar-refractivity contribution in [2.75, 3.05) is 0 Å². The molecule has 0 N–H and O–H groups in total. The first-order chi connectivity index (χ1) is 14.5. The van der Waals surface area contributed by atoms with Gasteiger partial charge in [-0.2, -0.15) is 8.42 Å². The van der Waals surface area contributed by atoms with Crippen LogP contribution in [0.1, 0.15) is 16.7 Å². The molecule has 0 bridgehead atoms. The van der Waals surface area contributed by atoms with Crippen LogP contribution in [0.3, 0.4) is 0 Å². The Kier molecular flexibility index (Phi) is 4.44. The number of benzene rings is 4. The van der Waals surface area contributed by atoms with Gasteiger partial charge in [-0.1, -0.05) is 66.7 Å². The van der Waals surface area contributed by atoms with Crippen LogP contribution < -0.4 is 4.18 Å². The fraction of sp³-hybridized carbons (Fsp3) is 0.0769. The minimum Gasteiger partial charge on any atom is -0.379 e. The van der Waals surface area contributed by atoms with Crippen molar-refractivity contribution in [1.29, 1.82) is 0 Å². The molecule has 0 fully saturated rings. The summed E-state index contributed by atoms with van der Waals surface area (Å²) in [6.45, 7) is 1.87. The second-order valence-electron chi connectivity index (χ2n) is 7.50. The van der Waals surface area contributed by atoms with E-state index in [0.29, 0.717) is 5.75 Å². The first-order valence-corrected chi connectivity index (χ1v) is 11.2. The predicted molar refractivity (Wildman–Crippen MR) is 119 cm³/mol. The van der Waals surface area contributed by atoms with Gasteiger partial charge in [0.1, 0.15) is 10.6 Å². The van der Waals surface area contributed by atoms with Crippen LogP contribution in [0.4, 0.5) is 0 Å². The molecule has 1 aliphatic rings. The molecule has 0 radical (unpaired) electrons. The summed E-state index contributed by atoms with van der Waals surface area (Å²) in [7, 11) is -3.86. The summed E-state index contributed by atoms with van der Waals surface area (Å²) in [4.78, 5) is 0.145. The van der Waals surface area contributed by atoms with E-state index in [1.807, 2.05) is 19.1 Å². The van der Waals surface area contributed by atoms with Gasteiger partial charge in [-0.25, -0.2) is 0 Å². The van der Waals surface area contributed by atoms with E-state index in [1.165, 1.54) is 39.9 Å². The molecule has 0 saturated heterocycles. The van der Waals surface area contributed by atoms with Gasteiger partial charge in [0.2, 0.25) is 0 Å². The van der Waals surface area contributed by atoms with Gasteiger partial charge in [-0.05, 0) is 76.6 Å². The molecule has 4 aromatic carbocycles. The van der Waals surface area contributed by atoms with Crippen LogP contribution in [0.5, 0.6) is 5.75 Å². The van der Waals surface area contributed by atoms with Gasteiger partial charge < -0.3 is 4.18 Å². The van der Waals surface area contributed by atoms with Crippen molar-refractivity contribution in [3.8, 4) is 28.0 Å². The standard InChI is InChI=1S/C26H20O3S/c1-18-16-20(14-15-26(18)29-30(27,28)21-9-3-2-4-10-21)23-12-7-13-24-22-11-6-5-8-19(22)17-25(23)24/h2-16H,17H2,1H3. The fourth-order valence-corrected chi connectivity index (χ4v) is 5.10. The largest absolute Gasteiger partial charge is 0.379 e. The molecule has 0 saturated carbocycles. The highest BCUT2D eigenvalue weighted by Gasteiger charge is 2.22. The van der Waals surface area contributed by atoms with Gasteiger partial charge >= 0.3 is 10.1 Å². The van der Waals surface area contributed by atoms with Gasteiger partial charge in [0.05, 0.1) is 0 Å². The number of rotatable bonds is 4. The Balaban J connectivity index is 1.50. The molecule has 148 valence electrons. The number of fused-ring (bicyclic) bond motifs is 3. The first kappa shape index (κ1) is 18.6. The highest BCUT2D eigenvalue weighted by atomic mass is 32.2. The lowest BCUT2D eigenvalue weighted by molar-refractivity contribution is 0.484. The topological polar surface area (TPSA) is 43.4 Å². The summed E-state index contributed by atoms with van der Waals surface area (Å²) in [5.74, 6) is 0.346. The van der Waals surface area contributed by atoms with Crippen molar-refractivity contribution in [3.63, 3.8) is 0 Å². The molecule has 0 aliphatic heterocycles. The number of hydrogen-bond donors (Lipinski definition) is 0. The molecule has 3 nitrogen and oxygen atoms in total. The van der Waals surface area contributed by atoms with Gasteiger partial charge in [0, 0.05) is 0 Å². The molecule has 0 atom stereocenters. The SMILES string of the molecule is Cc1cc(-c2cccc3c2Cc2ccccc2-3)ccc1OS(=O)(=O)c1ccccc1. The minimum atomic E-state index is -3.86. The zero-order valence-corrected chi connectivity index (χ0v) is 17.3. The Morgan fingerprint density at radius 3 is 2.23 bits per heavy atom. The van der Waals surface area contributed by atoms with Gasteiger partial charge in [0.15, 0.2) is 0 Å². The van der Waals surface area contributed by atoms with Crippen molar-refractivity contribution >= 4 is 10.1 Å². The van der Waals surface area contributed by atoms with E-state index in [9.17, 15) is 8.42 Å². The molecule has 0 aromatic heterocycles. The molecule has 0 heterocycles. The van der Waals surface area contributed by atoms with Crippen LogP contribution >= 0.6 is 0 Å². The van der Waals surface area contributed by atoms with Crippen molar-refractivity contribution in [2.24, 2.45) is 0 Å². The summed E-state index contributed by atoms with van der Waals surface area (Å²) < 4.78 is 30.6. The average Bonchev–Trinajstić information content (AvgIpc) is 3.15. The average molecular weight is 413 g/mol. The minimum absolute atomic E-state index is 0.145. The zero-order chi connectivity index (χ0) is 20.7. The summed E-state index contributed by atoms with van der Waals surface area (Å²) in [6.07, 6.45) is 0.904. The monoisotopic (exact) mass is 412 g/mol. The molecule has 30 heavy (non-hydrogen) atoms. The second kappa shape index (κ2) is 7.15. The second-order valence-corrected chi connectivity index (χ2v) is 9.04. The van der Waals surface area contributed by atoms with E-state index in [2.05, 4.69) is 42.5 Å². The van der Waals surface area contributed by atoms with Crippen LogP contribution in [0.25, 0.3) is 22.3 Å². The van der Waals surface area contributed by atoms with E-state index in [-0.39, 0.29) is 4.90 Å². The smallest absolute Gasteiger partial charge is 0.339 e. The van der Waals surface area contributed by atoms with Crippen LogP contribution in [0.15, 0.2) is 95.9 Å². The molecule has 4 aromatic rings. The van der Waals surface area contributed by atoms with E-state index in [4.69, 9.17) is 4.18 Å². The maximum atomic E-state index is 12.6.